The highest BCUT2D eigenvalue weighted by Crippen LogP contribution is 2.02. The average molecular weight is 181 g/mol. The fourth-order valence-electron chi connectivity index (χ4n) is 1.27. The average Bonchev–Trinajstić information content (AvgIpc) is 2.48. The first-order chi connectivity index (χ1) is 6.22. The second kappa shape index (κ2) is 5.00. The van der Waals surface area contributed by atoms with Crippen LogP contribution in [0, 0.1) is 5.92 Å². The third-order valence-corrected chi connectivity index (χ3v) is 1.92. The van der Waals surface area contributed by atoms with Gasteiger partial charge in [-0.25, -0.2) is 0 Å². The molecule has 0 radical (unpaired) electrons. The molecule has 0 saturated heterocycles. The molecule has 0 aliphatic rings. The molecule has 3 heteroatoms. The molecule has 0 N–H and O–H groups in total. The molecule has 1 heterocycles. The normalized spacial score (nSPS) is 11.1. The summed E-state index contributed by atoms with van der Waals surface area (Å²) < 4.78 is 1.94. The Morgan fingerprint density at radius 3 is 2.85 bits per heavy atom. The van der Waals surface area contributed by atoms with Crippen molar-refractivity contribution in [1.82, 2.24) is 15.0 Å². The van der Waals surface area contributed by atoms with Crippen molar-refractivity contribution in [3.8, 4) is 0 Å². The lowest BCUT2D eigenvalue weighted by molar-refractivity contribution is 0.472. The minimum absolute atomic E-state index is 0.640. The Morgan fingerprint density at radius 2 is 2.23 bits per heavy atom. The van der Waals surface area contributed by atoms with Gasteiger partial charge in [0.05, 0.1) is 5.69 Å². The van der Waals surface area contributed by atoms with Crippen LogP contribution >= 0.6 is 0 Å². The summed E-state index contributed by atoms with van der Waals surface area (Å²) >= 11 is 0. The predicted octanol–water partition coefficient (Wildman–Crippen LogP) is 2.28. The molecule has 1 aromatic heterocycles. The SMILES string of the molecule is CCCCc1cn(CC(C)C)nn1. The van der Waals surface area contributed by atoms with Gasteiger partial charge in [-0.2, -0.15) is 0 Å². The van der Waals surface area contributed by atoms with E-state index in [0.29, 0.717) is 5.92 Å². The molecule has 0 atom stereocenters. The zero-order valence-electron chi connectivity index (χ0n) is 8.82. The Bertz CT molecular complexity index is 240. The van der Waals surface area contributed by atoms with Crippen LogP contribution in [0.5, 0.6) is 0 Å². The molecule has 0 spiro atoms. The standard InChI is InChI=1S/C10H19N3/c1-4-5-6-10-8-13(12-11-10)7-9(2)3/h8-9H,4-7H2,1-3H3. The lowest BCUT2D eigenvalue weighted by Gasteiger charge is -2.01. The van der Waals surface area contributed by atoms with Crippen molar-refractivity contribution in [2.24, 2.45) is 5.92 Å². The van der Waals surface area contributed by atoms with Gasteiger partial charge in [0, 0.05) is 12.7 Å². The highest BCUT2D eigenvalue weighted by Gasteiger charge is 2.01. The van der Waals surface area contributed by atoms with Gasteiger partial charge in [0.1, 0.15) is 0 Å². The van der Waals surface area contributed by atoms with Gasteiger partial charge in [-0.3, -0.25) is 4.68 Å². The Labute approximate surface area is 80.1 Å². The van der Waals surface area contributed by atoms with Crippen LogP contribution in [0.2, 0.25) is 0 Å². The zero-order valence-corrected chi connectivity index (χ0v) is 8.82. The monoisotopic (exact) mass is 181 g/mol. The van der Waals surface area contributed by atoms with Crippen molar-refractivity contribution in [2.45, 2.75) is 46.6 Å². The maximum atomic E-state index is 4.12. The minimum atomic E-state index is 0.640. The molecule has 0 amide bonds. The number of nitrogens with zero attached hydrogens (tertiary/aromatic N) is 3. The number of hydrogen-bond donors (Lipinski definition) is 0. The number of rotatable bonds is 5. The van der Waals surface area contributed by atoms with Gasteiger partial charge >= 0.3 is 0 Å². The van der Waals surface area contributed by atoms with Crippen molar-refractivity contribution >= 4 is 0 Å². The van der Waals surface area contributed by atoms with Crippen LogP contribution in [-0.2, 0) is 13.0 Å². The van der Waals surface area contributed by atoms with Gasteiger partial charge < -0.3 is 0 Å². The smallest absolute Gasteiger partial charge is 0.0827 e. The molecule has 0 bridgehead atoms. The van der Waals surface area contributed by atoms with Gasteiger partial charge in [-0.05, 0) is 18.8 Å². The largest absolute Gasteiger partial charge is 0.252 e. The Kier molecular flexibility index (Phi) is 3.93. The first-order valence-corrected chi connectivity index (χ1v) is 5.11. The number of aromatic nitrogens is 3. The van der Waals surface area contributed by atoms with E-state index < -0.39 is 0 Å². The van der Waals surface area contributed by atoms with Gasteiger partial charge in [0.25, 0.3) is 0 Å². The van der Waals surface area contributed by atoms with Crippen molar-refractivity contribution in [2.75, 3.05) is 0 Å². The van der Waals surface area contributed by atoms with Crippen LogP contribution in [-0.4, -0.2) is 15.0 Å². The highest BCUT2D eigenvalue weighted by molar-refractivity contribution is 4.92. The maximum Gasteiger partial charge on any atom is 0.0827 e. The van der Waals surface area contributed by atoms with Crippen LogP contribution in [0.15, 0.2) is 6.20 Å². The summed E-state index contributed by atoms with van der Waals surface area (Å²) in [6.07, 6.45) is 5.56. The Hall–Kier alpha value is -0.860. The van der Waals surface area contributed by atoms with Gasteiger partial charge in [-0.1, -0.05) is 32.4 Å². The van der Waals surface area contributed by atoms with Crippen molar-refractivity contribution in [3.05, 3.63) is 11.9 Å². The predicted molar refractivity (Wildman–Crippen MR) is 53.5 cm³/mol. The van der Waals surface area contributed by atoms with E-state index in [0.717, 1.165) is 18.7 Å². The lowest BCUT2D eigenvalue weighted by atomic mass is 10.2. The summed E-state index contributed by atoms with van der Waals surface area (Å²) in [5.74, 6) is 0.640. The van der Waals surface area contributed by atoms with E-state index in [1.807, 2.05) is 4.68 Å². The molecule has 1 aromatic rings. The van der Waals surface area contributed by atoms with Crippen LogP contribution in [0.3, 0.4) is 0 Å². The van der Waals surface area contributed by atoms with Crippen LogP contribution in [0.25, 0.3) is 0 Å². The second-order valence-electron chi connectivity index (χ2n) is 3.93. The molecule has 0 aromatic carbocycles. The van der Waals surface area contributed by atoms with Gasteiger partial charge in [0.15, 0.2) is 0 Å². The van der Waals surface area contributed by atoms with E-state index in [-0.39, 0.29) is 0 Å². The van der Waals surface area contributed by atoms with E-state index >= 15 is 0 Å². The zero-order chi connectivity index (χ0) is 9.68. The molecular weight excluding hydrogens is 162 g/mol. The van der Waals surface area contributed by atoms with Crippen LogP contribution in [0.1, 0.15) is 39.3 Å². The maximum absolute atomic E-state index is 4.12. The molecule has 0 saturated carbocycles. The first kappa shape index (κ1) is 10.2. The molecule has 0 aliphatic heterocycles. The van der Waals surface area contributed by atoms with E-state index in [1.165, 1.54) is 12.8 Å². The summed E-state index contributed by atoms with van der Waals surface area (Å²) in [6.45, 7) is 7.54. The summed E-state index contributed by atoms with van der Waals surface area (Å²) in [7, 11) is 0. The van der Waals surface area contributed by atoms with Crippen molar-refractivity contribution in [1.29, 1.82) is 0 Å². The van der Waals surface area contributed by atoms with Crippen molar-refractivity contribution < 1.29 is 0 Å². The molecule has 0 aliphatic carbocycles. The van der Waals surface area contributed by atoms with E-state index in [4.69, 9.17) is 0 Å². The summed E-state index contributed by atoms with van der Waals surface area (Å²) in [4.78, 5) is 0. The van der Waals surface area contributed by atoms with Crippen LogP contribution < -0.4 is 0 Å². The molecule has 3 nitrogen and oxygen atoms in total. The van der Waals surface area contributed by atoms with E-state index in [1.54, 1.807) is 0 Å². The molecule has 13 heavy (non-hydrogen) atoms. The van der Waals surface area contributed by atoms with Gasteiger partial charge in [0.2, 0.25) is 0 Å². The third-order valence-electron chi connectivity index (χ3n) is 1.92. The quantitative estimate of drug-likeness (QED) is 0.697. The molecular formula is C10H19N3. The molecule has 1 rings (SSSR count). The molecule has 0 fully saturated rings. The fraction of sp³-hybridized carbons (Fsp3) is 0.800. The Balaban J connectivity index is 2.44. The number of unbranched alkanes of at least 4 members (excludes halogenated alkanes) is 1. The topological polar surface area (TPSA) is 30.7 Å². The Morgan fingerprint density at radius 1 is 1.46 bits per heavy atom. The van der Waals surface area contributed by atoms with Crippen LogP contribution in [0.4, 0.5) is 0 Å². The minimum Gasteiger partial charge on any atom is -0.252 e. The van der Waals surface area contributed by atoms with E-state index in [2.05, 4.69) is 37.3 Å². The lowest BCUT2D eigenvalue weighted by Crippen LogP contribution is -2.04. The van der Waals surface area contributed by atoms with Gasteiger partial charge in [-0.15, -0.1) is 5.10 Å². The highest BCUT2D eigenvalue weighted by atomic mass is 15.4. The third kappa shape index (κ3) is 3.57. The number of hydrogen-bond acceptors (Lipinski definition) is 2. The van der Waals surface area contributed by atoms with Crippen molar-refractivity contribution in [3.63, 3.8) is 0 Å². The number of aryl methyl sites for hydroxylation is 1. The summed E-state index contributed by atoms with van der Waals surface area (Å²) in [6, 6.07) is 0. The summed E-state index contributed by atoms with van der Waals surface area (Å²) in [5, 5.41) is 8.20. The molecule has 0 unspecified atom stereocenters. The van der Waals surface area contributed by atoms with E-state index in [9.17, 15) is 0 Å². The summed E-state index contributed by atoms with van der Waals surface area (Å²) in [5.41, 5.74) is 1.13. The second-order valence-corrected chi connectivity index (χ2v) is 3.93. The first-order valence-electron chi connectivity index (χ1n) is 5.11. The fourth-order valence-corrected chi connectivity index (χ4v) is 1.27. The molecule has 74 valence electrons.